The van der Waals surface area contributed by atoms with Crippen LogP contribution in [0, 0.1) is 5.41 Å². The first kappa shape index (κ1) is 11.9. The standard InChI is InChI=1S/C13H14N5S/c1-17-4-2-9-3-5-18(11(9)6-17)7-12-16-10(8-19-12)13(14)15/h2-6,8H,7H2,1H3,(H3,14,15)/q+1. The first-order chi connectivity index (χ1) is 9.13. The van der Waals surface area contributed by atoms with Crippen LogP contribution in [0.15, 0.2) is 36.1 Å². The summed E-state index contributed by atoms with van der Waals surface area (Å²) in [6, 6.07) is 4.18. The van der Waals surface area contributed by atoms with Gasteiger partial charge in [-0.25, -0.2) is 9.55 Å². The normalized spacial score (nSPS) is 11.0. The molecule has 0 aromatic carbocycles. The molecule has 0 fully saturated rings. The van der Waals surface area contributed by atoms with Crippen LogP contribution >= 0.6 is 11.3 Å². The topological polar surface area (TPSA) is 71.6 Å². The SMILES string of the molecule is C[n+]1ccc2ccn(Cc3nc(C(=N)N)cs3)c2c1. The van der Waals surface area contributed by atoms with Crippen LogP contribution in [0.3, 0.4) is 0 Å². The van der Waals surface area contributed by atoms with E-state index in [-0.39, 0.29) is 5.84 Å². The summed E-state index contributed by atoms with van der Waals surface area (Å²) in [5.41, 5.74) is 7.16. The predicted molar refractivity (Wildman–Crippen MR) is 75.3 cm³/mol. The van der Waals surface area contributed by atoms with Crippen LogP contribution < -0.4 is 10.3 Å². The molecule has 3 heterocycles. The smallest absolute Gasteiger partial charge is 0.193 e. The zero-order valence-electron chi connectivity index (χ0n) is 10.5. The van der Waals surface area contributed by atoms with Crippen LogP contribution in [0.25, 0.3) is 10.9 Å². The highest BCUT2D eigenvalue weighted by atomic mass is 32.1. The minimum Gasteiger partial charge on any atom is -0.382 e. The van der Waals surface area contributed by atoms with Crippen molar-refractivity contribution in [2.24, 2.45) is 12.8 Å². The summed E-state index contributed by atoms with van der Waals surface area (Å²) < 4.78 is 4.18. The highest BCUT2D eigenvalue weighted by molar-refractivity contribution is 7.09. The zero-order valence-corrected chi connectivity index (χ0v) is 11.3. The first-order valence-electron chi connectivity index (χ1n) is 5.86. The van der Waals surface area contributed by atoms with Gasteiger partial charge in [0.1, 0.15) is 29.1 Å². The van der Waals surface area contributed by atoms with Crippen molar-refractivity contribution in [1.82, 2.24) is 9.55 Å². The van der Waals surface area contributed by atoms with Crippen molar-refractivity contribution in [1.29, 1.82) is 5.41 Å². The lowest BCUT2D eigenvalue weighted by atomic mass is 10.3. The van der Waals surface area contributed by atoms with E-state index in [2.05, 4.69) is 34.1 Å². The van der Waals surface area contributed by atoms with E-state index in [9.17, 15) is 0 Å². The molecule has 3 aromatic heterocycles. The largest absolute Gasteiger partial charge is 0.382 e. The van der Waals surface area contributed by atoms with E-state index in [0.717, 1.165) is 5.01 Å². The highest BCUT2D eigenvalue weighted by Gasteiger charge is 2.09. The Morgan fingerprint density at radius 1 is 1.53 bits per heavy atom. The van der Waals surface area contributed by atoms with E-state index >= 15 is 0 Å². The number of rotatable bonds is 3. The molecule has 3 rings (SSSR count). The lowest BCUT2D eigenvalue weighted by molar-refractivity contribution is -0.670. The molecule has 3 N–H and O–H groups in total. The van der Waals surface area contributed by atoms with Crippen molar-refractivity contribution in [2.45, 2.75) is 6.54 Å². The molecule has 0 aliphatic heterocycles. The van der Waals surface area contributed by atoms with Crippen molar-refractivity contribution in [3.05, 3.63) is 46.8 Å². The summed E-state index contributed by atoms with van der Waals surface area (Å²) in [6.07, 6.45) is 6.18. The molecule has 0 aliphatic carbocycles. The number of nitrogens with one attached hydrogen (secondary N) is 1. The second kappa shape index (κ2) is 4.47. The number of thiazole rings is 1. The van der Waals surface area contributed by atoms with Gasteiger partial charge in [-0.1, -0.05) is 0 Å². The Bertz CT molecular complexity index is 755. The minimum absolute atomic E-state index is 0.0197. The molecule has 5 nitrogen and oxygen atoms in total. The van der Waals surface area contributed by atoms with Crippen molar-refractivity contribution in [3.63, 3.8) is 0 Å². The average Bonchev–Trinajstić information content (AvgIpc) is 2.98. The Morgan fingerprint density at radius 3 is 3.11 bits per heavy atom. The van der Waals surface area contributed by atoms with Crippen LogP contribution in [0.5, 0.6) is 0 Å². The molecular formula is C13H14N5S+. The fourth-order valence-corrected chi connectivity index (χ4v) is 2.81. The number of aromatic nitrogens is 3. The van der Waals surface area contributed by atoms with E-state index in [1.54, 1.807) is 0 Å². The third-order valence-corrected chi connectivity index (χ3v) is 3.82. The molecule has 0 aliphatic rings. The molecule has 0 saturated heterocycles. The fourth-order valence-electron chi connectivity index (χ4n) is 2.02. The van der Waals surface area contributed by atoms with Gasteiger partial charge in [-0.2, -0.15) is 0 Å². The zero-order chi connectivity index (χ0) is 13.4. The van der Waals surface area contributed by atoms with Gasteiger partial charge in [0.2, 0.25) is 0 Å². The molecule has 0 radical (unpaired) electrons. The Morgan fingerprint density at radius 2 is 2.37 bits per heavy atom. The summed E-state index contributed by atoms with van der Waals surface area (Å²) in [5.74, 6) is 0.0197. The molecule has 96 valence electrons. The van der Waals surface area contributed by atoms with Gasteiger partial charge in [-0.3, -0.25) is 5.41 Å². The van der Waals surface area contributed by atoms with E-state index in [1.165, 1.54) is 22.2 Å². The van der Waals surface area contributed by atoms with Crippen LogP contribution in [0.2, 0.25) is 0 Å². The van der Waals surface area contributed by atoms with E-state index in [4.69, 9.17) is 11.1 Å². The van der Waals surface area contributed by atoms with Crippen LogP contribution in [0.1, 0.15) is 10.7 Å². The van der Waals surface area contributed by atoms with E-state index in [1.807, 2.05) is 23.2 Å². The number of pyridine rings is 1. The van der Waals surface area contributed by atoms with Gasteiger partial charge < -0.3 is 10.3 Å². The Balaban J connectivity index is 1.96. The van der Waals surface area contributed by atoms with Crippen molar-refractivity contribution < 1.29 is 4.57 Å². The van der Waals surface area contributed by atoms with Gasteiger partial charge >= 0.3 is 0 Å². The van der Waals surface area contributed by atoms with Crippen LogP contribution in [0.4, 0.5) is 0 Å². The molecule has 0 spiro atoms. The third kappa shape index (κ3) is 2.22. The first-order valence-corrected chi connectivity index (χ1v) is 6.74. The van der Waals surface area contributed by atoms with E-state index < -0.39 is 0 Å². The molecule has 0 bridgehead atoms. The molecule has 0 saturated carbocycles. The summed E-state index contributed by atoms with van der Waals surface area (Å²) in [4.78, 5) is 4.36. The average molecular weight is 272 g/mol. The second-order valence-corrected chi connectivity index (χ2v) is 5.38. The van der Waals surface area contributed by atoms with Gasteiger partial charge in [0.25, 0.3) is 0 Å². The Labute approximate surface area is 114 Å². The third-order valence-electron chi connectivity index (χ3n) is 2.99. The number of nitrogen functional groups attached to an aromatic ring is 1. The lowest BCUT2D eigenvalue weighted by Crippen LogP contribution is -2.26. The number of amidine groups is 1. The van der Waals surface area contributed by atoms with E-state index in [0.29, 0.717) is 12.2 Å². The molecule has 19 heavy (non-hydrogen) atoms. The summed E-state index contributed by atoms with van der Waals surface area (Å²) >= 11 is 1.53. The molecular weight excluding hydrogens is 258 g/mol. The Kier molecular flexibility index (Phi) is 2.79. The van der Waals surface area contributed by atoms with Crippen molar-refractivity contribution >= 4 is 28.1 Å². The van der Waals surface area contributed by atoms with Crippen molar-refractivity contribution in [2.75, 3.05) is 0 Å². The number of nitrogens with two attached hydrogens (primary N) is 1. The van der Waals surface area contributed by atoms with Gasteiger partial charge in [0.15, 0.2) is 12.4 Å². The Hall–Kier alpha value is -2.21. The number of nitrogens with zero attached hydrogens (tertiary/aromatic N) is 3. The molecule has 3 aromatic rings. The predicted octanol–water partition coefficient (Wildman–Crippen LogP) is 1.25. The summed E-state index contributed by atoms with van der Waals surface area (Å²) in [5, 5.41) is 11.4. The quantitative estimate of drug-likeness (QED) is 0.428. The van der Waals surface area contributed by atoms with Crippen LogP contribution in [-0.2, 0) is 13.6 Å². The van der Waals surface area contributed by atoms with Gasteiger partial charge in [0.05, 0.1) is 6.54 Å². The summed E-state index contributed by atoms with van der Waals surface area (Å²) in [7, 11) is 2.01. The maximum absolute atomic E-state index is 7.37. The van der Waals surface area contributed by atoms with Gasteiger partial charge in [-0.05, 0) is 6.07 Å². The minimum atomic E-state index is 0.0197. The number of fused-ring (bicyclic) bond motifs is 1. The maximum Gasteiger partial charge on any atom is 0.193 e. The monoisotopic (exact) mass is 272 g/mol. The summed E-state index contributed by atoms with van der Waals surface area (Å²) in [6.45, 7) is 0.700. The number of hydrogen-bond acceptors (Lipinski definition) is 3. The number of hydrogen-bond donors (Lipinski definition) is 2. The fraction of sp³-hybridized carbons (Fsp3) is 0.154. The maximum atomic E-state index is 7.37. The lowest BCUT2D eigenvalue weighted by Gasteiger charge is -2.01. The molecule has 0 unspecified atom stereocenters. The molecule has 6 heteroatoms. The molecule has 0 amide bonds. The second-order valence-electron chi connectivity index (χ2n) is 4.43. The number of aryl methyl sites for hydroxylation is 1. The molecule has 0 atom stereocenters. The van der Waals surface area contributed by atoms with Gasteiger partial charge in [0, 0.05) is 23.0 Å². The van der Waals surface area contributed by atoms with Gasteiger partial charge in [-0.15, -0.1) is 11.3 Å². The van der Waals surface area contributed by atoms with Crippen molar-refractivity contribution in [3.8, 4) is 0 Å². The van der Waals surface area contributed by atoms with Crippen LogP contribution in [-0.4, -0.2) is 15.4 Å². The highest BCUT2D eigenvalue weighted by Crippen LogP contribution is 2.17.